The summed E-state index contributed by atoms with van der Waals surface area (Å²) in [5, 5.41) is 9.33. The molecule has 1 aliphatic heterocycles. The first kappa shape index (κ1) is 8.55. The second-order valence-electron chi connectivity index (χ2n) is 3.85. The third-order valence-corrected chi connectivity index (χ3v) is 2.53. The molecule has 0 N–H and O–H groups in total. The minimum atomic E-state index is -0.597. The van der Waals surface area contributed by atoms with Crippen LogP contribution in [0.5, 0.6) is 0 Å². The topological polar surface area (TPSA) is 36.1 Å². The molecule has 1 aliphatic rings. The van der Waals surface area contributed by atoms with E-state index in [4.69, 9.17) is 16.9 Å². The molecule has 1 atom stereocenters. The van der Waals surface area contributed by atoms with Crippen molar-refractivity contribution in [1.82, 2.24) is 0 Å². The lowest BCUT2D eigenvalue weighted by Gasteiger charge is -2.18. The Kier molecular flexibility index (Phi) is 1.72. The van der Waals surface area contributed by atoms with Crippen LogP contribution in [0.25, 0.3) is 0 Å². The molecule has 0 spiro atoms. The van der Waals surface area contributed by atoms with Gasteiger partial charge in [0.25, 0.3) is 0 Å². The summed E-state index contributed by atoms with van der Waals surface area (Å²) in [7, 11) is 0. The van der Waals surface area contributed by atoms with Crippen molar-refractivity contribution in [2.45, 2.75) is 32.7 Å². The molecule has 0 saturated carbocycles. The molecule has 0 aromatic carbocycles. The fourth-order valence-electron chi connectivity index (χ4n) is 1.41. The van der Waals surface area contributed by atoms with Crippen molar-refractivity contribution in [3.05, 3.63) is 0 Å². The standard InChI is InChI=1S/C8H11ClN2/c1-7(2)4-8(3,5-10)11-6(7)9/h4H2,1-3H3. The molecule has 0 radical (unpaired) electrons. The Hall–Kier alpha value is -0.550. The molecule has 3 heteroatoms. The van der Waals surface area contributed by atoms with Crippen LogP contribution in [-0.4, -0.2) is 10.7 Å². The van der Waals surface area contributed by atoms with E-state index in [0.29, 0.717) is 5.17 Å². The van der Waals surface area contributed by atoms with Crippen molar-refractivity contribution < 1.29 is 0 Å². The summed E-state index contributed by atoms with van der Waals surface area (Å²) >= 11 is 5.87. The molecular weight excluding hydrogens is 160 g/mol. The number of nitrogens with zero attached hydrogens (tertiary/aromatic N) is 2. The summed E-state index contributed by atoms with van der Waals surface area (Å²) < 4.78 is 0. The summed E-state index contributed by atoms with van der Waals surface area (Å²) in [5.41, 5.74) is -0.716. The molecule has 0 aromatic heterocycles. The smallest absolute Gasteiger partial charge is 0.146 e. The van der Waals surface area contributed by atoms with Crippen LogP contribution < -0.4 is 0 Å². The van der Waals surface area contributed by atoms with Gasteiger partial charge in [-0.15, -0.1) is 0 Å². The molecular formula is C8H11ClN2. The molecule has 0 fully saturated rings. The third kappa shape index (κ3) is 1.39. The lowest BCUT2D eigenvalue weighted by Crippen LogP contribution is -2.21. The van der Waals surface area contributed by atoms with Crippen LogP contribution in [0.2, 0.25) is 0 Å². The van der Waals surface area contributed by atoms with Gasteiger partial charge in [-0.1, -0.05) is 25.4 Å². The minimum Gasteiger partial charge on any atom is -0.255 e. The molecule has 2 nitrogen and oxygen atoms in total. The van der Waals surface area contributed by atoms with Crippen LogP contribution >= 0.6 is 11.6 Å². The fourth-order valence-corrected chi connectivity index (χ4v) is 1.66. The SMILES string of the molecule is CC1(C#N)CC(C)(C)C(Cl)=N1. The average Bonchev–Trinajstić information content (AvgIpc) is 2.04. The number of halogens is 1. The molecule has 11 heavy (non-hydrogen) atoms. The van der Waals surface area contributed by atoms with E-state index in [1.54, 1.807) is 0 Å². The van der Waals surface area contributed by atoms with Crippen LogP contribution in [-0.2, 0) is 0 Å². The van der Waals surface area contributed by atoms with Crippen LogP contribution in [0, 0.1) is 16.7 Å². The summed E-state index contributed by atoms with van der Waals surface area (Å²) in [4.78, 5) is 4.11. The van der Waals surface area contributed by atoms with Gasteiger partial charge < -0.3 is 0 Å². The van der Waals surface area contributed by atoms with Crippen LogP contribution in [0.15, 0.2) is 4.99 Å². The normalized spacial score (nSPS) is 34.6. The maximum Gasteiger partial charge on any atom is 0.146 e. The van der Waals surface area contributed by atoms with Gasteiger partial charge >= 0.3 is 0 Å². The van der Waals surface area contributed by atoms with E-state index in [9.17, 15) is 0 Å². The van der Waals surface area contributed by atoms with E-state index < -0.39 is 5.54 Å². The first-order chi connectivity index (χ1) is 4.90. The van der Waals surface area contributed by atoms with Crippen molar-refractivity contribution in [3.8, 4) is 6.07 Å². The Balaban J connectivity index is 2.98. The fraction of sp³-hybridized carbons (Fsp3) is 0.750. The second kappa shape index (κ2) is 2.22. The highest BCUT2D eigenvalue weighted by atomic mass is 35.5. The molecule has 1 rings (SSSR count). The van der Waals surface area contributed by atoms with Crippen molar-refractivity contribution >= 4 is 16.8 Å². The monoisotopic (exact) mass is 170 g/mol. The number of hydrogen-bond donors (Lipinski definition) is 0. The molecule has 0 saturated heterocycles. The second-order valence-corrected chi connectivity index (χ2v) is 4.21. The van der Waals surface area contributed by atoms with E-state index in [2.05, 4.69) is 11.1 Å². The zero-order valence-electron chi connectivity index (χ0n) is 6.98. The van der Waals surface area contributed by atoms with E-state index in [0.717, 1.165) is 6.42 Å². The van der Waals surface area contributed by atoms with E-state index in [1.807, 2.05) is 20.8 Å². The zero-order chi connectivity index (χ0) is 8.70. The maximum absolute atomic E-state index is 8.76. The molecule has 1 unspecified atom stereocenters. The van der Waals surface area contributed by atoms with Gasteiger partial charge in [-0.3, -0.25) is 4.99 Å². The first-order valence-electron chi connectivity index (χ1n) is 3.57. The lowest BCUT2D eigenvalue weighted by molar-refractivity contribution is 0.430. The van der Waals surface area contributed by atoms with E-state index in [-0.39, 0.29) is 5.41 Å². The third-order valence-electron chi connectivity index (χ3n) is 1.93. The summed E-state index contributed by atoms with van der Waals surface area (Å²) in [5.74, 6) is 0. The Morgan fingerprint density at radius 2 is 2.09 bits per heavy atom. The van der Waals surface area contributed by atoms with Gasteiger partial charge in [-0.05, 0) is 13.3 Å². The number of hydrogen-bond acceptors (Lipinski definition) is 2. The first-order valence-corrected chi connectivity index (χ1v) is 3.94. The highest BCUT2D eigenvalue weighted by Crippen LogP contribution is 2.39. The number of nitriles is 1. The van der Waals surface area contributed by atoms with Gasteiger partial charge in [0, 0.05) is 5.41 Å². The Labute approximate surface area is 71.9 Å². The maximum atomic E-state index is 8.76. The zero-order valence-corrected chi connectivity index (χ0v) is 7.74. The molecule has 0 amide bonds. The van der Waals surface area contributed by atoms with Gasteiger partial charge in [-0.2, -0.15) is 5.26 Å². The summed E-state index contributed by atoms with van der Waals surface area (Å²) in [6, 6.07) is 2.15. The Morgan fingerprint density at radius 3 is 2.27 bits per heavy atom. The predicted octanol–water partition coefficient (Wildman–Crippen LogP) is 2.34. The van der Waals surface area contributed by atoms with E-state index >= 15 is 0 Å². The number of aliphatic imine (C=N–C) groups is 1. The molecule has 0 bridgehead atoms. The average molecular weight is 171 g/mol. The highest BCUT2D eigenvalue weighted by Gasteiger charge is 2.41. The van der Waals surface area contributed by atoms with Gasteiger partial charge in [0.05, 0.1) is 6.07 Å². The Bertz CT molecular complexity index is 249. The molecule has 0 aromatic rings. The van der Waals surface area contributed by atoms with Gasteiger partial charge in [-0.25, -0.2) is 0 Å². The van der Waals surface area contributed by atoms with Crippen molar-refractivity contribution in [3.63, 3.8) is 0 Å². The van der Waals surface area contributed by atoms with Gasteiger partial charge in [0.2, 0.25) is 0 Å². The highest BCUT2D eigenvalue weighted by molar-refractivity contribution is 6.66. The largest absolute Gasteiger partial charge is 0.255 e. The van der Waals surface area contributed by atoms with Crippen LogP contribution in [0.3, 0.4) is 0 Å². The van der Waals surface area contributed by atoms with Gasteiger partial charge in [0.15, 0.2) is 0 Å². The van der Waals surface area contributed by atoms with Crippen molar-refractivity contribution in [2.24, 2.45) is 10.4 Å². The quantitative estimate of drug-likeness (QED) is 0.550. The van der Waals surface area contributed by atoms with E-state index in [1.165, 1.54) is 0 Å². The summed E-state index contributed by atoms with van der Waals surface area (Å²) in [6.45, 7) is 5.81. The van der Waals surface area contributed by atoms with Crippen LogP contribution in [0.1, 0.15) is 27.2 Å². The van der Waals surface area contributed by atoms with Gasteiger partial charge in [0.1, 0.15) is 10.7 Å². The van der Waals surface area contributed by atoms with Crippen molar-refractivity contribution in [2.75, 3.05) is 0 Å². The van der Waals surface area contributed by atoms with Crippen LogP contribution in [0.4, 0.5) is 0 Å². The molecule has 60 valence electrons. The minimum absolute atomic E-state index is 0.119. The molecule has 0 aliphatic carbocycles. The summed E-state index contributed by atoms with van der Waals surface area (Å²) in [6.07, 6.45) is 0.718. The predicted molar refractivity (Wildman–Crippen MR) is 45.7 cm³/mol. The number of rotatable bonds is 0. The molecule has 1 heterocycles. The van der Waals surface area contributed by atoms with Crippen molar-refractivity contribution in [1.29, 1.82) is 5.26 Å². The lowest BCUT2D eigenvalue weighted by atomic mass is 9.85. The Morgan fingerprint density at radius 1 is 1.55 bits per heavy atom.